The lowest BCUT2D eigenvalue weighted by atomic mass is 9.82. The summed E-state index contributed by atoms with van der Waals surface area (Å²) in [6.45, 7) is 0. The summed E-state index contributed by atoms with van der Waals surface area (Å²) < 4.78 is 5.92. The van der Waals surface area contributed by atoms with Crippen LogP contribution in [-0.2, 0) is 22.4 Å². The lowest BCUT2D eigenvalue weighted by Crippen LogP contribution is -2.34. The molecule has 1 amide bonds. The number of allylic oxidation sites excluding steroid dienone is 2. The summed E-state index contributed by atoms with van der Waals surface area (Å²) in [6.07, 6.45) is 8.89. The van der Waals surface area contributed by atoms with Gasteiger partial charge in [-0.2, -0.15) is 0 Å². The molecule has 0 fully saturated rings. The Kier molecular flexibility index (Phi) is 4.07. The molecule has 5 nitrogen and oxygen atoms in total. The largest absolute Gasteiger partial charge is 0.481 e. The minimum Gasteiger partial charge on any atom is -0.481 e. The molecule has 0 radical (unpaired) electrons. The number of amides is 1. The number of furan rings is 1. The van der Waals surface area contributed by atoms with Gasteiger partial charge in [0.1, 0.15) is 11.3 Å². The van der Waals surface area contributed by atoms with E-state index in [1.807, 2.05) is 30.4 Å². The van der Waals surface area contributed by atoms with E-state index in [1.54, 1.807) is 0 Å². The molecular formula is C20H21NO4. The number of anilines is 1. The molecule has 2 aromatic rings. The van der Waals surface area contributed by atoms with Gasteiger partial charge < -0.3 is 14.8 Å². The zero-order valence-electron chi connectivity index (χ0n) is 14.0. The van der Waals surface area contributed by atoms with Crippen molar-refractivity contribution in [3.05, 3.63) is 41.7 Å². The lowest BCUT2D eigenvalue weighted by molar-refractivity contribution is -0.146. The summed E-state index contributed by atoms with van der Waals surface area (Å²) in [4.78, 5) is 24.0. The minimum atomic E-state index is -0.913. The summed E-state index contributed by atoms with van der Waals surface area (Å²) in [7, 11) is 0. The van der Waals surface area contributed by atoms with E-state index in [-0.39, 0.29) is 5.91 Å². The average Bonchev–Trinajstić information content (AvgIpc) is 2.99. The summed E-state index contributed by atoms with van der Waals surface area (Å²) in [5.41, 5.74) is 2.81. The number of hydrogen-bond acceptors (Lipinski definition) is 3. The second-order valence-electron chi connectivity index (χ2n) is 6.91. The highest BCUT2D eigenvalue weighted by atomic mass is 16.4. The Morgan fingerprint density at radius 1 is 1.08 bits per heavy atom. The van der Waals surface area contributed by atoms with E-state index in [4.69, 9.17) is 4.42 Å². The van der Waals surface area contributed by atoms with E-state index < -0.39 is 17.8 Å². The maximum Gasteiger partial charge on any atom is 0.307 e. The molecule has 4 rings (SSSR count). The summed E-state index contributed by atoms with van der Waals surface area (Å²) >= 11 is 0. The molecule has 1 heterocycles. The van der Waals surface area contributed by atoms with E-state index in [9.17, 15) is 14.7 Å². The van der Waals surface area contributed by atoms with Crippen LogP contribution in [0.3, 0.4) is 0 Å². The minimum absolute atomic E-state index is 0.228. The van der Waals surface area contributed by atoms with Gasteiger partial charge in [-0.3, -0.25) is 9.59 Å². The fourth-order valence-corrected chi connectivity index (χ4v) is 3.95. The molecule has 25 heavy (non-hydrogen) atoms. The molecule has 0 saturated carbocycles. The van der Waals surface area contributed by atoms with Crippen molar-refractivity contribution in [2.24, 2.45) is 11.8 Å². The number of fused-ring (bicyclic) bond motifs is 3. The first-order valence-electron chi connectivity index (χ1n) is 8.86. The molecule has 0 aliphatic heterocycles. The van der Waals surface area contributed by atoms with Crippen LogP contribution in [0.2, 0.25) is 0 Å². The number of rotatable bonds is 3. The lowest BCUT2D eigenvalue weighted by Gasteiger charge is -2.24. The van der Waals surface area contributed by atoms with Crippen LogP contribution in [0.5, 0.6) is 0 Å². The normalized spacial score (nSPS) is 22.6. The Morgan fingerprint density at radius 3 is 2.64 bits per heavy atom. The van der Waals surface area contributed by atoms with Crippen LogP contribution in [0.4, 0.5) is 5.69 Å². The van der Waals surface area contributed by atoms with E-state index in [0.29, 0.717) is 18.5 Å². The molecule has 1 aromatic heterocycles. The van der Waals surface area contributed by atoms with Crippen LogP contribution in [0, 0.1) is 11.8 Å². The Hall–Kier alpha value is -2.56. The molecule has 0 spiro atoms. The Bertz CT molecular complexity index is 864. The van der Waals surface area contributed by atoms with Gasteiger partial charge in [0.25, 0.3) is 0 Å². The summed E-state index contributed by atoms with van der Waals surface area (Å²) in [5, 5.41) is 13.3. The van der Waals surface area contributed by atoms with Crippen LogP contribution in [-0.4, -0.2) is 17.0 Å². The number of aliphatic carboxylic acids is 1. The van der Waals surface area contributed by atoms with E-state index in [0.717, 1.165) is 42.4 Å². The first-order valence-corrected chi connectivity index (χ1v) is 8.86. The number of carbonyl (C=O) groups excluding carboxylic acids is 1. The number of hydrogen-bond donors (Lipinski definition) is 2. The summed E-state index contributed by atoms with van der Waals surface area (Å²) in [5.74, 6) is -1.27. The molecule has 2 unspecified atom stereocenters. The molecule has 2 aliphatic carbocycles. The highest BCUT2D eigenvalue weighted by Crippen LogP contribution is 2.34. The molecule has 130 valence electrons. The first kappa shape index (κ1) is 15.9. The average molecular weight is 339 g/mol. The predicted octanol–water partition coefficient (Wildman–Crippen LogP) is 3.92. The van der Waals surface area contributed by atoms with Gasteiger partial charge in [-0.15, -0.1) is 0 Å². The van der Waals surface area contributed by atoms with E-state index >= 15 is 0 Å². The van der Waals surface area contributed by atoms with Crippen LogP contribution >= 0.6 is 0 Å². The monoisotopic (exact) mass is 339 g/mol. The van der Waals surface area contributed by atoms with Crippen molar-refractivity contribution in [2.75, 3.05) is 5.32 Å². The number of carboxylic acids is 1. The topological polar surface area (TPSA) is 79.5 Å². The second-order valence-corrected chi connectivity index (χ2v) is 6.91. The Labute approximate surface area is 145 Å². The van der Waals surface area contributed by atoms with Crippen LogP contribution in [0.25, 0.3) is 11.0 Å². The number of aryl methyl sites for hydroxylation is 2. The van der Waals surface area contributed by atoms with Gasteiger partial charge in [-0.25, -0.2) is 0 Å². The zero-order chi connectivity index (χ0) is 17.4. The van der Waals surface area contributed by atoms with E-state index in [2.05, 4.69) is 5.32 Å². The van der Waals surface area contributed by atoms with Gasteiger partial charge in [0.15, 0.2) is 0 Å². The fraction of sp³-hybridized carbons (Fsp3) is 0.400. The van der Waals surface area contributed by atoms with Gasteiger partial charge in [0, 0.05) is 23.1 Å². The smallest absolute Gasteiger partial charge is 0.307 e. The SMILES string of the molecule is O=C(O)C1CC=CCC1C(=O)Nc1ccc2oc3c(c2c1)CCCC3. The maximum atomic E-state index is 12.6. The Balaban J connectivity index is 1.58. The van der Waals surface area contributed by atoms with E-state index in [1.165, 1.54) is 5.56 Å². The Morgan fingerprint density at radius 2 is 1.84 bits per heavy atom. The predicted molar refractivity (Wildman–Crippen MR) is 94.5 cm³/mol. The summed E-state index contributed by atoms with van der Waals surface area (Å²) in [6, 6.07) is 5.66. The molecule has 2 aliphatic rings. The van der Waals surface area contributed by atoms with Gasteiger partial charge in [-0.1, -0.05) is 12.2 Å². The highest BCUT2D eigenvalue weighted by molar-refractivity contribution is 5.97. The number of carboxylic acid groups (broad SMARTS) is 1. The number of carbonyl (C=O) groups is 2. The van der Waals surface area contributed by atoms with Crippen molar-refractivity contribution in [3.8, 4) is 0 Å². The number of benzene rings is 1. The molecule has 1 aromatic carbocycles. The van der Waals surface area contributed by atoms with Crippen molar-refractivity contribution < 1.29 is 19.1 Å². The van der Waals surface area contributed by atoms with Crippen molar-refractivity contribution in [2.45, 2.75) is 38.5 Å². The van der Waals surface area contributed by atoms with Crippen molar-refractivity contribution in [1.82, 2.24) is 0 Å². The third-order valence-corrected chi connectivity index (χ3v) is 5.31. The zero-order valence-corrected chi connectivity index (χ0v) is 14.0. The van der Waals surface area contributed by atoms with Crippen LogP contribution in [0.1, 0.15) is 37.0 Å². The standard InChI is InChI=1S/C20H21NO4/c22-19(14-6-1-2-7-15(14)20(23)24)21-12-9-10-18-16(11-12)13-5-3-4-8-17(13)25-18/h1-2,9-11,14-15H,3-8H2,(H,21,22)(H,23,24). The van der Waals surface area contributed by atoms with Gasteiger partial charge in [0.2, 0.25) is 5.91 Å². The first-order chi connectivity index (χ1) is 12.1. The van der Waals surface area contributed by atoms with Gasteiger partial charge in [0.05, 0.1) is 11.8 Å². The highest BCUT2D eigenvalue weighted by Gasteiger charge is 2.34. The quantitative estimate of drug-likeness (QED) is 0.831. The van der Waals surface area contributed by atoms with Crippen molar-refractivity contribution in [3.63, 3.8) is 0 Å². The van der Waals surface area contributed by atoms with Crippen molar-refractivity contribution >= 4 is 28.5 Å². The molecule has 5 heteroatoms. The van der Waals surface area contributed by atoms with Crippen LogP contribution < -0.4 is 5.32 Å². The molecule has 2 N–H and O–H groups in total. The number of nitrogens with one attached hydrogen (secondary N) is 1. The maximum absolute atomic E-state index is 12.6. The molecule has 0 bridgehead atoms. The molecule has 2 atom stereocenters. The molecular weight excluding hydrogens is 318 g/mol. The third-order valence-electron chi connectivity index (χ3n) is 5.31. The van der Waals surface area contributed by atoms with Crippen molar-refractivity contribution in [1.29, 1.82) is 0 Å². The van der Waals surface area contributed by atoms with Gasteiger partial charge >= 0.3 is 5.97 Å². The van der Waals surface area contributed by atoms with Gasteiger partial charge in [-0.05, 0) is 50.3 Å². The van der Waals surface area contributed by atoms with Crippen LogP contribution in [0.15, 0.2) is 34.8 Å². The molecule has 0 saturated heterocycles. The third kappa shape index (κ3) is 2.95. The fourth-order valence-electron chi connectivity index (χ4n) is 3.95. The second kappa shape index (κ2) is 6.39.